The van der Waals surface area contributed by atoms with Gasteiger partial charge in [0.25, 0.3) is 5.84 Å². The minimum atomic E-state index is 0.0626. The Hall–Kier alpha value is -1.83. The van der Waals surface area contributed by atoms with E-state index in [-0.39, 0.29) is 5.54 Å². The maximum Gasteiger partial charge on any atom is 0.281 e. The van der Waals surface area contributed by atoms with Gasteiger partial charge < -0.3 is 0 Å². The standard InChI is InChI=1S/C19H23N2/c1-12-13(2)21-18(20(12)5)17-15-9-7-6-8-14(15)10-11-16(17)19(21,3)4/h6-13H,1-5H3/q+1. The van der Waals surface area contributed by atoms with E-state index in [0.717, 1.165) is 0 Å². The molecule has 4 rings (SSSR count). The van der Waals surface area contributed by atoms with Gasteiger partial charge in [-0.2, -0.15) is 0 Å². The molecule has 0 aromatic heterocycles. The summed E-state index contributed by atoms with van der Waals surface area (Å²) >= 11 is 0. The summed E-state index contributed by atoms with van der Waals surface area (Å²) in [6.07, 6.45) is 0. The summed E-state index contributed by atoms with van der Waals surface area (Å²) in [4.78, 5) is 2.62. The molecule has 108 valence electrons. The van der Waals surface area contributed by atoms with Crippen LogP contribution in [0, 0.1) is 0 Å². The average Bonchev–Trinajstić information content (AvgIpc) is 2.85. The lowest BCUT2D eigenvalue weighted by atomic mass is 9.89. The van der Waals surface area contributed by atoms with E-state index in [9.17, 15) is 0 Å². The van der Waals surface area contributed by atoms with Crippen LogP contribution in [0.1, 0.15) is 38.8 Å². The van der Waals surface area contributed by atoms with Gasteiger partial charge in [0.05, 0.1) is 12.6 Å². The van der Waals surface area contributed by atoms with E-state index >= 15 is 0 Å². The van der Waals surface area contributed by atoms with Crippen LogP contribution in [-0.4, -0.2) is 34.4 Å². The molecule has 0 saturated heterocycles. The zero-order valence-electron chi connectivity index (χ0n) is 13.5. The van der Waals surface area contributed by atoms with Gasteiger partial charge in [-0.1, -0.05) is 36.4 Å². The van der Waals surface area contributed by atoms with Crippen LogP contribution in [0.25, 0.3) is 10.8 Å². The Labute approximate surface area is 126 Å². The van der Waals surface area contributed by atoms with Crippen molar-refractivity contribution in [3.05, 3.63) is 47.5 Å². The molecule has 0 bridgehead atoms. The molecule has 0 spiro atoms. The molecule has 0 N–H and O–H groups in total. The first-order chi connectivity index (χ1) is 9.94. The highest BCUT2D eigenvalue weighted by Gasteiger charge is 2.57. The van der Waals surface area contributed by atoms with Gasteiger partial charge in [0.2, 0.25) is 0 Å². The first-order valence-electron chi connectivity index (χ1n) is 7.86. The molecule has 0 fully saturated rings. The van der Waals surface area contributed by atoms with E-state index in [0.29, 0.717) is 12.1 Å². The van der Waals surface area contributed by atoms with E-state index < -0.39 is 0 Å². The summed E-state index contributed by atoms with van der Waals surface area (Å²) in [5.74, 6) is 1.41. The largest absolute Gasteiger partial charge is 0.281 e. The fourth-order valence-electron chi connectivity index (χ4n) is 4.32. The number of rotatable bonds is 0. The van der Waals surface area contributed by atoms with Crippen molar-refractivity contribution < 1.29 is 4.58 Å². The van der Waals surface area contributed by atoms with E-state index in [1.54, 1.807) is 0 Å². The molecule has 0 aliphatic carbocycles. The Kier molecular flexibility index (Phi) is 2.38. The fraction of sp³-hybridized carbons (Fsp3) is 0.421. The molecule has 2 heteroatoms. The van der Waals surface area contributed by atoms with Crippen molar-refractivity contribution in [2.24, 2.45) is 0 Å². The lowest BCUT2D eigenvalue weighted by Gasteiger charge is -2.29. The predicted molar refractivity (Wildman–Crippen MR) is 88.0 cm³/mol. The Morgan fingerprint density at radius 2 is 1.76 bits per heavy atom. The van der Waals surface area contributed by atoms with E-state index in [2.05, 4.69) is 80.6 Å². The van der Waals surface area contributed by atoms with Crippen LogP contribution in [0.15, 0.2) is 36.4 Å². The quantitative estimate of drug-likeness (QED) is 0.668. The number of likely N-dealkylation sites (N-methyl/N-ethyl adjacent to an activating group) is 1. The van der Waals surface area contributed by atoms with Crippen molar-refractivity contribution in [2.45, 2.75) is 45.3 Å². The van der Waals surface area contributed by atoms with E-state index in [4.69, 9.17) is 0 Å². The Morgan fingerprint density at radius 1 is 1.05 bits per heavy atom. The van der Waals surface area contributed by atoms with Crippen molar-refractivity contribution >= 4 is 16.6 Å². The fourth-order valence-corrected chi connectivity index (χ4v) is 4.32. The van der Waals surface area contributed by atoms with Gasteiger partial charge in [-0.25, -0.2) is 4.90 Å². The monoisotopic (exact) mass is 279 g/mol. The number of benzene rings is 2. The molecule has 2 aromatic rings. The molecule has 0 saturated carbocycles. The van der Waals surface area contributed by atoms with Crippen LogP contribution in [0.3, 0.4) is 0 Å². The highest BCUT2D eigenvalue weighted by atomic mass is 15.4. The second-order valence-electron chi connectivity index (χ2n) is 7.05. The molecule has 2 nitrogen and oxygen atoms in total. The SMILES string of the molecule is CC1C(C)[N+](C)=C2c3c(ccc4ccccc34)C(C)(C)N21. The zero-order valence-corrected chi connectivity index (χ0v) is 13.5. The Balaban J connectivity index is 2.14. The van der Waals surface area contributed by atoms with Crippen molar-refractivity contribution in [2.75, 3.05) is 7.05 Å². The van der Waals surface area contributed by atoms with Gasteiger partial charge >= 0.3 is 0 Å². The smallest absolute Gasteiger partial charge is 0.257 e. The summed E-state index contributed by atoms with van der Waals surface area (Å²) < 4.78 is 2.46. The van der Waals surface area contributed by atoms with Crippen LogP contribution in [0.2, 0.25) is 0 Å². The second-order valence-corrected chi connectivity index (χ2v) is 7.05. The number of hydrogen-bond acceptors (Lipinski definition) is 1. The van der Waals surface area contributed by atoms with Gasteiger partial charge in [-0.05, 0) is 38.5 Å². The maximum atomic E-state index is 2.62. The zero-order chi connectivity index (χ0) is 14.9. The van der Waals surface area contributed by atoms with Crippen molar-refractivity contribution in [3.8, 4) is 0 Å². The topological polar surface area (TPSA) is 6.25 Å². The third-order valence-corrected chi connectivity index (χ3v) is 5.69. The molecular formula is C19H23N2+. The summed E-state index contributed by atoms with van der Waals surface area (Å²) in [6.45, 7) is 9.40. The molecule has 2 aromatic carbocycles. The Bertz CT molecular complexity index is 785. The number of fused-ring (bicyclic) bond motifs is 5. The first kappa shape index (κ1) is 12.9. The Morgan fingerprint density at radius 3 is 2.52 bits per heavy atom. The third-order valence-electron chi connectivity index (χ3n) is 5.69. The second kappa shape index (κ2) is 3.88. The summed E-state index contributed by atoms with van der Waals surface area (Å²) in [7, 11) is 2.24. The van der Waals surface area contributed by atoms with Gasteiger partial charge in [0, 0.05) is 5.56 Å². The first-order valence-corrected chi connectivity index (χ1v) is 7.86. The maximum absolute atomic E-state index is 2.62. The highest BCUT2D eigenvalue weighted by Crippen LogP contribution is 2.45. The van der Waals surface area contributed by atoms with Crippen LogP contribution in [-0.2, 0) is 5.54 Å². The highest BCUT2D eigenvalue weighted by molar-refractivity contribution is 6.12. The van der Waals surface area contributed by atoms with E-state index in [1.807, 2.05) is 0 Å². The molecule has 2 heterocycles. The molecule has 2 aliphatic heterocycles. The number of hydrogen-bond donors (Lipinski definition) is 0. The molecule has 21 heavy (non-hydrogen) atoms. The van der Waals surface area contributed by atoms with Crippen molar-refractivity contribution in [1.29, 1.82) is 0 Å². The lowest BCUT2D eigenvalue weighted by molar-refractivity contribution is -0.526. The minimum absolute atomic E-state index is 0.0626. The summed E-state index contributed by atoms with van der Waals surface area (Å²) in [5, 5.41) is 2.72. The predicted octanol–water partition coefficient (Wildman–Crippen LogP) is 3.57. The molecule has 0 amide bonds. The van der Waals surface area contributed by atoms with Gasteiger partial charge in [-0.15, -0.1) is 0 Å². The minimum Gasteiger partial charge on any atom is -0.257 e. The van der Waals surface area contributed by atoms with Gasteiger partial charge in [0.1, 0.15) is 17.6 Å². The van der Waals surface area contributed by atoms with Crippen molar-refractivity contribution in [3.63, 3.8) is 0 Å². The van der Waals surface area contributed by atoms with Crippen LogP contribution in [0.4, 0.5) is 0 Å². The summed E-state index contributed by atoms with van der Waals surface area (Å²) in [6, 6.07) is 14.4. The van der Waals surface area contributed by atoms with E-state index in [1.165, 1.54) is 27.7 Å². The van der Waals surface area contributed by atoms with Crippen LogP contribution in [0.5, 0.6) is 0 Å². The van der Waals surface area contributed by atoms with Crippen LogP contribution >= 0.6 is 0 Å². The number of amidine groups is 1. The van der Waals surface area contributed by atoms with Gasteiger partial charge in [0.15, 0.2) is 0 Å². The molecular weight excluding hydrogens is 256 g/mol. The lowest BCUT2D eigenvalue weighted by Crippen LogP contribution is -2.44. The molecule has 2 aliphatic rings. The van der Waals surface area contributed by atoms with Crippen LogP contribution < -0.4 is 0 Å². The molecule has 2 unspecified atom stereocenters. The third kappa shape index (κ3) is 1.40. The normalized spacial score (nSPS) is 26.4. The number of nitrogens with zero attached hydrogens (tertiary/aromatic N) is 2. The molecule has 2 atom stereocenters. The average molecular weight is 279 g/mol. The molecule has 0 radical (unpaired) electrons. The van der Waals surface area contributed by atoms with Crippen molar-refractivity contribution in [1.82, 2.24) is 4.90 Å². The van der Waals surface area contributed by atoms with Gasteiger partial charge in [-0.3, -0.25) is 4.58 Å². The summed E-state index contributed by atoms with van der Waals surface area (Å²) in [5.41, 5.74) is 2.96.